The molecular weight excluding hydrogens is 348 g/mol. The van der Waals surface area contributed by atoms with E-state index in [-0.39, 0.29) is 17.2 Å². The Bertz CT molecular complexity index is 806. The smallest absolute Gasteiger partial charge is 0.328 e. The quantitative estimate of drug-likeness (QED) is 0.345. The van der Waals surface area contributed by atoms with Crippen LogP contribution >= 0.6 is 0 Å². The minimum atomic E-state index is -0.776. The van der Waals surface area contributed by atoms with Gasteiger partial charge >= 0.3 is 5.97 Å². The lowest BCUT2D eigenvalue weighted by molar-refractivity contribution is -0.144. The van der Waals surface area contributed by atoms with E-state index in [1.165, 1.54) is 25.4 Å². The SMILES string of the molecule is COC(=O)C(NC(=O)c1ccc(C(=O)N(N)c2ccccc2)nc1)C(C)C. The largest absolute Gasteiger partial charge is 0.467 e. The number of ether oxygens (including phenoxy) is 1. The molecule has 1 atom stereocenters. The molecule has 1 aromatic carbocycles. The number of methoxy groups -OCH3 is 1. The third-order valence-corrected chi connectivity index (χ3v) is 3.91. The molecule has 1 aromatic heterocycles. The second-order valence-corrected chi connectivity index (χ2v) is 6.16. The van der Waals surface area contributed by atoms with Crippen LogP contribution in [0, 0.1) is 5.92 Å². The van der Waals surface area contributed by atoms with Gasteiger partial charge in [-0.2, -0.15) is 0 Å². The Morgan fingerprint density at radius 2 is 1.78 bits per heavy atom. The van der Waals surface area contributed by atoms with Crippen LogP contribution < -0.4 is 16.2 Å². The van der Waals surface area contributed by atoms with Crippen molar-refractivity contribution in [1.29, 1.82) is 0 Å². The highest BCUT2D eigenvalue weighted by Crippen LogP contribution is 2.13. The van der Waals surface area contributed by atoms with Crippen molar-refractivity contribution in [2.24, 2.45) is 11.8 Å². The Morgan fingerprint density at radius 1 is 1.11 bits per heavy atom. The Hall–Kier alpha value is -3.26. The lowest BCUT2D eigenvalue weighted by atomic mass is 10.0. The van der Waals surface area contributed by atoms with Gasteiger partial charge in [-0.25, -0.2) is 15.6 Å². The number of benzene rings is 1. The minimum absolute atomic E-state index is 0.0891. The maximum atomic E-state index is 12.4. The summed E-state index contributed by atoms with van der Waals surface area (Å²) in [7, 11) is 1.26. The van der Waals surface area contributed by atoms with Crippen LogP contribution in [0.1, 0.15) is 34.7 Å². The summed E-state index contributed by atoms with van der Waals surface area (Å²) in [6.45, 7) is 3.59. The highest BCUT2D eigenvalue weighted by atomic mass is 16.5. The molecule has 0 aliphatic rings. The second kappa shape index (κ2) is 8.91. The van der Waals surface area contributed by atoms with E-state index < -0.39 is 23.8 Å². The van der Waals surface area contributed by atoms with Gasteiger partial charge in [0.2, 0.25) is 0 Å². The molecule has 0 radical (unpaired) electrons. The third kappa shape index (κ3) is 4.89. The van der Waals surface area contributed by atoms with Crippen molar-refractivity contribution in [1.82, 2.24) is 10.3 Å². The molecule has 0 spiro atoms. The van der Waals surface area contributed by atoms with Crippen LogP contribution in [0.3, 0.4) is 0 Å². The molecule has 8 nitrogen and oxygen atoms in total. The first-order valence-corrected chi connectivity index (χ1v) is 8.34. The molecule has 1 unspecified atom stereocenters. The van der Waals surface area contributed by atoms with Crippen LogP contribution in [-0.2, 0) is 9.53 Å². The lowest BCUT2D eigenvalue weighted by Gasteiger charge is -2.20. The molecule has 0 saturated heterocycles. The second-order valence-electron chi connectivity index (χ2n) is 6.16. The summed E-state index contributed by atoms with van der Waals surface area (Å²) < 4.78 is 4.70. The average Bonchev–Trinajstić information content (AvgIpc) is 2.70. The molecule has 0 aliphatic carbocycles. The zero-order chi connectivity index (χ0) is 20.0. The monoisotopic (exact) mass is 370 g/mol. The molecule has 2 aromatic rings. The molecule has 0 aliphatic heterocycles. The Labute approximate surface area is 157 Å². The summed E-state index contributed by atoms with van der Waals surface area (Å²) >= 11 is 0. The number of hydrogen-bond acceptors (Lipinski definition) is 6. The van der Waals surface area contributed by atoms with Crippen LogP contribution in [0.4, 0.5) is 5.69 Å². The fraction of sp³-hybridized carbons (Fsp3) is 0.263. The first-order valence-electron chi connectivity index (χ1n) is 8.34. The number of nitrogens with zero attached hydrogens (tertiary/aromatic N) is 2. The number of anilines is 1. The number of para-hydroxylation sites is 1. The number of carbonyl (C=O) groups is 3. The number of nitrogens with two attached hydrogens (primary N) is 1. The molecule has 142 valence electrons. The van der Waals surface area contributed by atoms with Gasteiger partial charge in [-0.05, 0) is 30.2 Å². The first kappa shape index (κ1) is 20.1. The van der Waals surface area contributed by atoms with E-state index >= 15 is 0 Å². The van der Waals surface area contributed by atoms with E-state index in [2.05, 4.69) is 10.3 Å². The summed E-state index contributed by atoms with van der Waals surface area (Å²) in [5.74, 6) is 4.16. The van der Waals surface area contributed by atoms with Crippen LogP contribution in [0.5, 0.6) is 0 Å². The number of carbonyl (C=O) groups excluding carboxylic acids is 3. The summed E-state index contributed by atoms with van der Waals surface area (Å²) in [4.78, 5) is 40.5. The van der Waals surface area contributed by atoms with Crippen LogP contribution in [0.15, 0.2) is 48.7 Å². The fourth-order valence-corrected chi connectivity index (χ4v) is 2.33. The van der Waals surface area contributed by atoms with Gasteiger partial charge in [0.05, 0.1) is 18.4 Å². The van der Waals surface area contributed by atoms with E-state index in [1.807, 2.05) is 6.07 Å². The zero-order valence-corrected chi connectivity index (χ0v) is 15.4. The molecule has 3 N–H and O–H groups in total. The summed E-state index contributed by atoms with van der Waals surface area (Å²) in [6.07, 6.45) is 1.26. The molecule has 1 heterocycles. The summed E-state index contributed by atoms with van der Waals surface area (Å²) in [5.41, 5.74) is 0.819. The van der Waals surface area contributed by atoms with Crippen LogP contribution in [0.2, 0.25) is 0 Å². The van der Waals surface area contributed by atoms with Gasteiger partial charge in [0.25, 0.3) is 11.8 Å². The fourth-order valence-electron chi connectivity index (χ4n) is 2.33. The van der Waals surface area contributed by atoms with E-state index in [4.69, 9.17) is 10.6 Å². The number of rotatable bonds is 6. The van der Waals surface area contributed by atoms with E-state index in [9.17, 15) is 14.4 Å². The summed E-state index contributed by atoms with van der Waals surface area (Å²) in [6, 6.07) is 10.8. The highest BCUT2D eigenvalue weighted by Gasteiger charge is 2.25. The van der Waals surface area contributed by atoms with Gasteiger partial charge < -0.3 is 10.1 Å². The molecule has 0 fully saturated rings. The van der Waals surface area contributed by atoms with Crippen LogP contribution in [-0.4, -0.2) is 35.9 Å². The van der Waals surface area contributed by atoms with Crippen molar-refractivity contribution in [3.63, 3.8) is 0 Å². The average molecular weight is 370 g/mol. The first-order chi connectivity index (χ1) is 12.8. The van der Waals surface area contributed by atoms with E-state index in [0.717, 1.165) is 5.01 Å². The molecule has 8 heteroatoms. The molecule has 0 saturated carbocycles. The zero-order valence-electron chi connectivity index (χ0n) is 15.4. The van der Waals surface area contributed by atoms with Crippen LogP contribution in [0.25, 0.3) is 0 Å². The van der Waals surface area contributed by atoms with Gasteiger partial charge in [0.15, 0.2) is 0 Å². The van der Waals surface area contributed by atoms with Gasteiger partial charge in [-0.3, -0.25) is 14.6 Å². The Morgan fingerprint density at radius 3 is 2.30 bits per heavy atom. The maximum absolute atomic E-state index is 12.4. The molecular formula is C19H22N4O4. The number of aromatic nitrogens is 1. The topological polar surface area (TPSA) is 115 Å². The molecule has 2 rings (SSSR count). The maximum Gasteiger partial charge on any atom is 0.328 e. The lowest BCUT2D eigenvalue weighted by Crippen LogP contribution is -2.45. The predicted octanol–water partition coefficient (Wildman–Crippen LogP) is 1.53. The standard InChI is InChI=1S/C19H22N4O4/c1-12(2)16(19(26)27-3)22-17(24)13-9-10-15(21-11-13)18(25)23(20)14-7-5-4-6-8-14/h4-12,16H,20H2,1-3H3,(H,22,24). The Kier molecular flexibility index (Phi) is 6.62. The van der Waals surface area contributed by atoms with Gasteiger partial charge in [0.1, 0.15) is 11.7 Å². The highest BCUT2D eigenvalue weighted by molar-refractivity contribution is 6.04. The van der Waals surface area contributed by atoms with Gasteiger partial charge in [-0.1, -0.05) is 32.0 Å². The van der Waals surface area contributed by atoms with Crippen molar-refractivity contribution >= 4 is 23.5 Å². The van der Waals surface area contributed by atoms with Crippen molar-refractivity contribution in [2.75, 3.05) is 12.1 Å². The van der Waals surface area contributed by atoms with Gasteiger partial charge in [-0.15, -0.1) is 0 Å². The van der Waals surface area contributed by atoms with E-state index in [1.54, 1.807) is 38.1 Å². The summed E-state index contributed by atoms with van der Waals surface area (Å²) in [5, 5.41) is 3.59. The number of nitrogens with one attached hydrogen (secondary N) is 1. The van der Waals surface area contributed by atoms with E-state index in [0.29, 0.717) is 5.69 Å². The predicted molar refractivity (Wildman–Crippen MR) is 99.8 cm³/mol. The number of hydrogen-bond donors (Lipinski definition) is 2. The third-order valence-electron chi connectivity index (χ3n) is 3.91. The van der Waals surface area contributed by atoms with Crippen molar-refractivity contribution in [3.8, 4) is 0 Å². The molecule has 2 amide bonds. The number of esters is 1. The Balaban J connectivity index is 2.11. The number of pyridine rings is 1. The molecule has 0 bridgehead atoms. The minimum Gasteiger partial charge on any atom is -0.467 e. The van der Waals surface area contributed by atoms with Crippen molar-refractivity contribution in [2.45, 2.75) is 19.9 Å². The van der Waals surface area contributed by atoms with Gasteiger partial charge in [0, 0.05) is 6.20 Å². The normalized spacial score (nSPS) is 11.6. The number of hydrazine groups is 1. The molecule has 27 heavy (non-hydrogen) atoms. The number of amides is 2. The van der Waals surface area contributed by atoms with Crippen molar-refractivity contribution in [3.05, 3.63) is 59.9 Å². The van der Waals surface area contributed by atoms with Crippen molar-refractivity contribution < 1.29 is 19.1 Å².